The zero-order chi connectivity index (χ0) is 14.1. The molecule has 0 N–H and O–H groups in total. The quantitative estimate of drug-likeness (QED) is 0.850. The zero-order valence-corrected chi connectivity index (χ0v) is 11.9. The summed E-state index contributed by atoms with van der Waals surface area (Å²) in [5.74, 6) is 1.53. The lowest BCUT2D eigenvalue weighted by atomic mass is 10.2. The highest BCUT2D eigenvalue weighted by molar-refractivity contribution is 8.14. The Morgan fingerprint density at radius 1 is 1.45 bits per heavy atom. The summed E-state index contributed by atoms with van der Waals surface area (Å²) >= 11 is 1.25. The molecule has 1 fully saturated rings. The summed E-state index contributed by atoms with van der Waals surface area (Å²) in [6.45, 7) is 2.87. The molecule has 1 unspecified atom stereocenters. The lowest BCUT2D eigenvalue weighted by Crippen LogP contribution is -2.25. The van der Waals surface area contributed by atoms with Crippen LogP contribution in [0.5, 0.6) is 11.5 Å². The predicted molar refractivity (Wildman–Crippen MR) is 74.7 cm³/mol. The van der Waals surface area contributed by atoms with Crippen LogP contribution in [0.15, 0.2) is 18.2 Å². The van der Waals surface area contributed by atoms with Gasteiger partial charge in [0, 0.05) is 37.2 Å². The molecule has 20 heavy (non-hydrogen) atoms. The van der Waals surface area contributed by atoms with Crippen molar-refractivity contribution in [2.24, 2.45) is 0 Å². The molecule has 0 aliphatic carbocycles. The van der Waals surface area contributed by atoms with E-state index in [1.807, 2.05) is 18.2 Å². The predicted octanol–water partition coefficient (Wildman–Crippen LogP) is 1.80. The van der Waals surface area contributed by atoms with Gasteiger partial charge in [-0.2, -0.15) is 0 Å². The number of ether oxygens (including phenoxy) is 2. The molecule has 0 saturated carbocycles. The lowest BCUT2D eigenvalue weighted by molar-refractivity contribution is -0.128. The molecule has 1 aromatic carbocycles. The Bertz CT molecular complexity index is 560. The van der Waals surface area contributed by atoms with Crippen molar-refractivity contribution in [2.75, 3.05) is 13.3 Å². The molecule has 1 saturated heterocycles. The van der Waals surface area contributed by atoms with E-state index in [1.54, 1.807) is 4.90 Å². The number of hydrogen-bond acceptors (Lipinski definition) is 5. The number of hydrogen-bond donors (Lipinski definition) is 0. The van der Waals surface area contributed by atoms with Crippen LogP contribution in [0.3, 0.4) is 0 Å². The fraction of sp³-hybridized carbons (Fsp3) is 0.429. The van der Waals surface area contributed by atoms with Crippen molar-refractivity contribution in [3.63, 3.8) is 0 Å². The first kappa shape index (κ1) is 13.3. The molecular weight excluding hydrogens is 278 g/mol. The highest BCUT2D eigenvalue weighted by Gasteiger charge is 2.32. The Morgan fingerprint density at radius 3 is 3.10 bits per heavy atom. The number of fused-ring (bicyclic) bond motifs is 1. The van der Waals surface area contributed by atoms with E-state index in [9.17, 15) is 9.59 Å². The van der Waals surface area contributed by atoms with Crippen molar-refractivity contribution in [2.45, 2.75) is 25.1 Å². The summed E-state index contributed by atoms with van der Waals surface area (Å²) in [6, 6.07) is 5.68. The van der Waals surface area contributed by atoms with Crippen molar-refractivity contribution < 1.29 is 19.1 Å². The van der Waals surface area contributed by atoms with Crippen LogP contribution in [-0.2, 0) is 16.1 Å². The Labute approximate surface area is 121 Å². The molecule has 3 rings (SSSR count). The Balaban J connectivity index is 1.71. The van der Waals surface area contributed by atoms with E-state index in [2.05, 4.69) is 0 Å². The molecule has 2 aliphatic rings. The molecule has 1 amide bonds. The molecule has 106 valence electrons. The lowest BCUT2D eigenvalue weighted by Gasteiger charge is -2.17. The van der Waals surface area contributed by atoms with Crippen LogP contribution in [0, 0.1) is 0 Å². The first-order valence-electron chi connectivity index (χ1n) is 6.46. The van der Waals surface area contributed by atoms with E-state index in [1.165, 1.54) is 18.7 Å². The molecule has 0 spiro atoms. The Morgan fingerprint density at radius 2 is 2.30 bits per heavy atom. The molecule has 2 aliphatic heterocycles. The van der Waals surface area contributed by atoms with Crippen molar-refractivity contribution in [1.82, 2.24) is 4.90 Å². The SMILES string of the molecule is CC(=O)SC1CC(=O)N(Cc2cccc3c2OCO3)C1. The van der Waals surface area contributed by atoms with Gasteiger partial charge in [-0.1, -0.05) is 23.9 Å². The topological polar surface area (TPSA) is 55.8 Å². The maximum absolute atomic E-state index is 12.0. The number of thioether (sulfide) groups is 1. The van der Waals surface area contributed by atoms with Crippen LogP contribution in [0.2, 0.25) is 0 Å². The van der Waals surface area contributed by atoms with Gasteiger partial charge >= 0.3 is 0 Å². The third-order valence-electron chi connectivity index (χ3n) is 3.35. The van der Waals surface area contributed by atoms with Crippen molar-refractivity contribution in [3.8, 4) is 11.5 Å². The summed E-state index contributed by atoms with van der Waals surface area (Å²) < 4.78 is 10.8. The van der Waals surface area contributed by atoms with Crippen LogP contribution in [0.4, 0.5) is 0 Å². The summed E-state index contributed by atoms with van der Waals surface area (Å²) in [6.07, 6.45) is 0.427. The van der Waals surface area contributed by atoms with Crippen LogP contribution < -0.4 is 9.47 Å². The number of benzene rings is 1. The standard InChI is InChI=1S/C14H15NO4S/c1-9(16)20-11-5-13(17)15(7-11)6-10-3-2-4-12-14(10)19-8-18-12/h2-4,11H,5-8H2,1H3. The van der Waals surface area contributed by atoms with Gasteiger partial charge in [0.05, 0.1) is 0 Å². The monoisotopic (exact) mass is 293 g/mol. The molecule has 0 aromatic heterocycles. The van der Waals surface area contributed by atoms with Crippen molar-refractivity contribution in [3.05, 3.63) is 23.8 Å². The smallest absolute Gasteiger partial charge is 0.231 e. The number of nitrogens with zero attached hydrogens (tertiary/aromatic N) is 1. The average molecular weight is 293 g/mol. The largest absolute Gasteiger partial charge is 0.454 e. The van der Waals surface area contributed by atoms with Gasteiger partial charge < -0.3 is 14.4 Å². The van der Waals surface area contributed by atoms with Crippen molar-refractivity contribution in [1.29, 1.82) is 0 Å². The minimum absolute atomic E-state index is 0.0574. The third kappa shape index (κ3) is 2.60. The van der Waals surface area contributed by atoms with Gasteiger partial charge in [0.25, 0.3) is 0 Å². The van der Waals surface area contributed by atoms with Gasteiger partial charge in [-0.25, -0.2) is 0 Å². The average Bonchev–Trinajstić information content (AvgIpc) is 2.97. The van der Waals surface area contributed by atoms with E-state index in [-0.39, 0.29) is 23.1 Å². The molecule has 6 heteroatoms. The van der Waals surface area contributed by atoms with Crippen LogP contribution in [0.25, 0.3) is 0 Å². The fourth-order valence-electron chi connectivity index (χ4n) is 2.52. The number of likely N-dealkylation sites (tertiary alicyclic amines) is 1. The van der Waals surface area contributed by atoms with Crippen molar-refractivity contribution >= 4 is 22.8 Å². The second-order valence-corrected chi connectivity index (χ2v) is 6.34. The van der Waals surface area contributed by atoms with Gasteiger partial charge in [-0.05, 0) is 6.07 Å². The summed E-state index contributed by atoms with van der Waals surface area (Å²) in [4.78, 5) is 24.9. The molecule has 2 heterocycles. The second kappa shape index (κ2) is 5.36. The number of rotatable bonds is 3. The molecule has 1 atom stereocenters. The second-order valence-electron chi connectivity index (χ2n) is 4.86. The normalized spacial score (nSPS) is 20.6. The summed E-state index contributed by atoms with van der Waals surface area (Å²) in [5.41, 5.74) is 0.946. The zero-order valence-electron chi connectivity index (χ0n) is 11.1. The van der Waals surface area contributed by atoms with Gasteiger partial charge in [0.1, 0.15) is 0 Å². The summed E-state index contributed by atoms with van der Waals surface area (Å²) in [5, 5.41) is 0.121. The van der Waals surface area contributed by atoms with E-state index in [4.69, 9.17) is 9.47 Å². The number of carbonyl (C=O) groups excluding carboxylic acids is 2. The minimum atomic E-state index is 0.0574. The Hall–Kier alpha value is -1.69. The minimum Gasteiger partial charge on any atom is -0.454 e. The molecule has 5 nitrogen and oxygen atoms in total. The van der Waals surface area contributed by atoms with Gasteiger partial charge in [-0.15, -0.1) is 0 Å². The molecule has 0 bridgehead atoms. The Kier molecular flexibility index (Phi) is 3.56. The molecular formula is C14H15NO4S. The first-order valence-corrected chi connectivity index (χ1v) is 7.34. The van der Waals surface area contributed by atoms with Gasteiger partial charge in [0.15, 0.2) is 16.6 Å². The number of para-hydroxylation sites is 1. The molecule has 1 aromatic rings. The van der Waals surface area contributed by atoms with Crippen LogP contribution in [-0.4, -0.2) is 34.5 Å². The van der Waals surface area contributed by atoms with E-state index in [0.717, 1.165) is 17.1 Å². The van der Waals surface area contributed by atoms with Gasteiger partial charge in [0.2, 0.25) is 12.7 Å². The number of carbonyl (C=O) groups is 2. The number of amides is 1. The summed E-state index contributed by atoms with van der Waals surface area (Å²) in [7, 11) is 0. The maximum atomic E-state index is 12.0. The van der Waals surface area contributed by atoms with Crippen LogP contribution >= 0.6 is 11.8 Å². The molecule has 0 radical (unpaired) electrons. The maximum Gasteiger partial charge on any atom is 0.231 e. The highest BCUT2D eigenvalue weighted by atomic mass is 32.2. The van der Waals surface area contributed by atoms with Crippen LogP contribution in [0.1, 0.15) is 18.9 Å². The van der Waals surface area contributed by atoms with E-state index in [0.29, 0.717) is 19.5 Å². The van der Waals surface area contributed by atoms with E-state index < -0.39 is 0 Å². The fourth-order valence-corrected chi connectivity index (χ4v) is 3.47. The first-order chi connectivity index (χ1) is 9.63. The third-order valence-corrected chi connectivity index (χ3v) is 4.33. The van der Waals surface area contributed by atoms with E-state index >= 15 is 0 Å². The van der Waals surface area contributed by atoms with Gasteiger partial charge in [-0.3, -0.25) is 9.59 Å². The highest BCUT2D eigenvalue weighted by Crippen LogP contribution is 2.36.